The molecule has 2 amide bonds. The van der Waals surface area contributed by atoms with Gasteiger partial charge in [0.1, 0.15) is 52.6 Å². The highest BCUT2D eigenvalue weighted by molar-refractivity contribution is 5.96. The molecule has 3 aliphatic rings. The Morgan fingerprint density at radius 2 is 1.85 bits per heavy atom. The van der Waals surface area contributed by atoms with Crippen LogP contribution in [0.1, 0.15) is 58.6 Å². The Morgan fingerprint density at radius 3 is 2.51 bits per heavy atom. The molecular weight excluding hydrogens is 519 g/mol. The molecule has 204 valence electrons. The first kappa shape index (κ1) is 25.2. The molecule has 2 N–H and O–H groups in total. The predicted molar refractivity (Wildman–Crippen MR) is 127 cm³/mol. The number of benzene rings is 1. The van der Waals surface area contributed by atoms with Crippen LogP contribution in [0.2, 0.25) is 0 Å². The number of carbonyl (C=O) groups is 2. The van der Waals surface area contributed by atoms with Crippen LogP contribution >= 0.6 is 0 Å². The molecule has 3 aromatic rings. The van der Waals surface area contributed by atoms with Crippen LogP contribution in [0, 0.1) is 17.5 Å². The molecule has 39 heavy (non-hydrogen) atoms. The summed E-state index contributed by atoms with van der Waals surface area (Å²) in [5, 5.41) is 9.20. The molecule has 2 aromatic heterocycles. The Balaban J connectivity index is 1.50. The normalized spacial score (nSPS) is 26.6. The van der Waals surface area contributed by atoms with Gasteiger partial charge in [0.15, 0.2) is 5.43 Å². The van der Waals surface area contributed by atoms with Crippen molar-refractivity contribution in [2.75, 3.05) is 13.1 Å². The third-order valence-electron chi connectivity index (χ3n) is 8.06. The van der Waals surface area contributed by atoms with E-state index >= 15 is 0 Å². The Morgan fingerprint density at radius 1 is 1.15 bits per heavy atom. The van der Waals surface area contributed by atoms with Gasteiger partial charge in [-0.05, 0) is 19.8 Å². The van der Waals surface area contributed by atoms with Crippen LogP contribution in [0.25, 0.3) is 0 Å². The maximum absolute atomic E-state index is 14.7. The molecule has 0 saturated carbocycles. The second kappa shape index (κ2) is 8.74. The van der Waals surface area contributed by atoms with Crippen molar-refractivity contribution in [2.45, 2.75) is 50.0 Å². The van der Waals surface area contributed by atoms with E-state index in [-0.39, 0.29) is 42.2 Å². The van der Waals surface area contributed by atoms with E-state index in [9.17, 15) is 27.6 Å². The van der Waals surface area contributed by atoms with Crippen molar-refractivity contribution >= 4 is 11.8 Å². The first-order valence-electron chi connectivity index (χ1n) is 12.3. The summed E-state index contributed by atoms with van der Waals surface area (Å²) >= 11 is 0. The lowest BCUT2D eigenvalue weighted by molar-refractivity contribution is -0.253. The molecule has 5 heterocycles. The molecule has 2 bridgehead atoms. The number of halogens is 3. The predicted octanol–water partition coefficient (Wildman–Crippen LogP) is 1.70. The van der Waals surface area contributed by atoms with Crippen molar-refractivity contribution in [1.82, 2.24) is 29.3 Å². The number of rotatable bonds is 4. The summed E-state index contributed by atoms with van der Waals surface area (Å²) in [6.45, 7) is 2.02. The quantitative estimate of drug-likeness (QED) is 0.530. The lowest BCUT2D eigenvalue weighted by Crippen LogP contribution is -2.51. The largest absolute Gasteiger partial charge is 0.365 e. The van der Waals surface area contributed by atoms with Crippen molar-refractivity contribution < 1.29 is 27.6 Å². The molecule has 2 saturated heterocycles. The van der Waals surface area contributed by atoms with Gasteiger partial charge in [0.2, 0.25) is 0 Å². The van der Waals surface area contributed by atoms with Gasteiger partial charge in [-0.1, -0.05) is 0 Å². The molecule has 1 aromatic carbocycles. The van der Waals surface area contributed by atoms with E-state index in [1.165, 1.54) is 23.9 Å². The number of primary amides is 1. The maximum Gasteiger partial charge on any atom is 0.270 e. The van der Waals surface area contributed by atoms with Crippen LogP contribution < -0.4 is 11.2 Å². The number of hydroxylamine groups is 2. The number of hydrogen-bond acceptors (Lipinski definition) is 7. The molecule has 3 aliphatic heterocycles. The van der Waals surface area contributed by atoms with Crippen molar-refractivity contribution in [3.63, 3.8) is 0 Å². The summed E-state index contributed by atoms with van der Waals surface area (Å²) in [5.74, 6) is -4.46. The first-order valence-corrected chi connectivity index (χ1v) is 12.3. The first-order chi connectivity index (χ1) is 18.5. The second-order valence-electron chi connectivity index (χ2n) is 10.4. The minimum absolute atomic E-state index is 0.0891. The molecule has 14 heteroatoms. The van der Waals surface area contributed by atoms with E-state index in [0.717, 1.165) is 6.07 Å². The number of pyridine rings is 1. The SMILES string of the molecule is CC1(n2cnnc2)CC2(CCCN3CC2n2cc(C(N)=O)c(=O)cc2C3=O)ON1Cc1c(F)cc(F)cc1F. The molecular formula is C25H24F3N7O4. The summed E-state index contributed by atoms with van der Waals surface area (Å²) in [6, 6.07) is 1.73. The average Bonchev–Trinajstić information content (AvgIpc) is 3.47. The molecule has 0 radical (unpaired) electrons. The van der Waals surface area contributed by atoms with E-state index in [4.69, 9.17) is 10.6 Å². The van der Waals surface area contributed by atoms with E-state index < -0.39 is 46.1 Å². The zero-order valence-electron chi connectivity index (χ0n) is 20.8. The number of hydrogen-bond donors (Lipinski definition) is 1. The minimum atomic E-state index is -1.07. The van der Waals surface area contributed by atoms with Crippen LogP contribution in [-0.4, -0.2) is 59.8 Å². The molecule has 0 aliphatic carbocycles. The summed E-state index contributed by atoms with van der Waals surface area (Å²) < 4.78 is 46.3. The van der Waals surface area contributed by atoms with Gasteiger partial charge in [0, 0.05) is 49.5 Å². The van der Waals surface area contributed by atoms with Crippen LogP contribution in [0.15, 0.2) is 41.8 Å². The average molecular weight is 544 g/mol. The van der Waals surface area contributed by atoms with Crippen molar-refractivity contribution in [3.8, 4) is 0 Å². The lowest BCUT2D eigenvalue weighted by Gasteiger charge is -2.41. The Labute approximate surface area is 219 Å². The minimum Gasteiger partial charge on any atom is -0.365 e. The molecule has 2 fully saturated rings. The van der Waals surface area contributed by atoms with Gasteiger partial charge in [-0.25, -0.2) is 13.2 Å². The van der Waals surface area contributed by atoms with Gasteiger partial charge < -0.3 is 15.2 Å². The van der Waals surface area contributed by atoms with E-state index in [0.29, 0.717) is 31.5 Å². The number of aromatic nitrogens is 4. The number of fused-ring (bicyclic) bond motifs is 5. The Bertz CT molecular complexity index is 1540. The van der Waals surface area contributed by atoms with Gasteiger partial charge >= 0.3 is 0 Å². The maximum atomic E-state index is 14.7. The molecule has 1 spiro atoms. The third-order valence-corrected chi connectivity index (χ3v) is 8.06. The van der Waals surface area contributed by atoms with Crippen LogP contribution in [0.3, 0.4) is 0 Å². The summed E-state index contributed by atoms with van der Waals surface area (Å²) in [7, 11) is 0. The standard InChI is InChI=1S/C25H24F3N7O4/c1-24(33-12-30-31-13-33)11-25(39-35(24)9-15-17(27)5-14(26)6-18(15)28)3-2-4-32-10-21(25)34-8-16(22(29)37)20(36)7-19(34)23(32)38/h5-8,12-13,21H,2-4,9-11H2,1H3,(H2,29,37). The molecule has 3 unspecified atom stereocenters. The van der Waals surface area contributed by atoms with Gasteiger partial charge in [0.05, 0.1) is 12.6 Å². The van der Waals surface area contributed by atoms with Crippen LogP contribution in [0.4, 0.5) is 13.2 Å². The fraction of sp³-hybridized carbons (Fsp3) is 0.400. The molecule has 3 atom stereocenters. The van der Waals surface area contributed by atoms with Gasteiger partial charge in [-0.15, -0.1) is 10.2 Å². The third kappa shape index (κ3) is 3.85. The lowest BCUT2D eigenvalue weighted by atomic mass is 9.82. The van der Waals surface area contributed by atoms with E-state index in [2.05, 4.69) is 10.2 Å². The highest BCUT2D eigenvalue weighted by Crippen LogP contribution is 2.52. The topological polar surface area (TPSA) is 129 Å². The highest BCUT2D eigenvalue weighted by atomic mass is 19.1. The van der Waals surface area contributed by atoms with Crippen LogP contribution in [-0.2, 0) is 17.0 Å². The fourth-order valence-electron chi connectivity index (χ4n) is 6.11. The number of amides is 2. The molecule has 11 nitrogen and oxygen atoms in total. The number of nitrogens with zero attached hydrogens (tertiary/aromatic N) is 6. The van der Waals surface area contributed by atoms with Gasteiger partial charge in [-0.2, -0.15) is 5.06 Å². The highest BCUT2D eigenvalue weighted by Gasteiger charge is 2.60. The summed E-state index contributed by atoms with van der Waals surface area (Å²) in [4.78, 5) is 46.0. The monoisotopic (exact) mass is 543 g/mol. The Kier molecular flexibility index (Phi) is 5.66. The van der Waals surface area contributed by atoms with Crippen LogP contribution in [0.5, 0.6) is 0 Å². The summed E-state index contributed by atoms with van der Waals surface area (Å²) in [5.41, 5.74) is 2.08. The second-order valence-corrected chi connectivity index (χ2v) is 10.4. The van der Waals surface area contributed by atoms with Gasteiger partial charge in [-0.3, -0.25) is 23.8 Å². The van der Waals surface area contributed by atoms with Crippen molar-refractivity contribution in [1.29, 1.82) is 0 Å². The zero-order chi connectivity index (χ0) is 27.7. The Hall–Kier alpha value is -4.04. The van der Waals surface area contributed by atoms with E-state index in [1.54, 1.807) is 21.0 Å². The summed E-state index contributed by atoms with van der Waals surface area (Å²) in [6.07, 6.45) is 5.42. The van der Waals surface area contributed by atoms with E-state index in [1.807, 2.05) is 0 Å². The van der Waals surface area contributed by atoms with Gasteiger partial charge in [0.25, 0.3) is 11.8 Å². The molecule has 6 rings (SSSR count). The van der Waals surface area contributed by atoms with Crippen molar-refractivity contribution in [3.05, 3.63) is 81.5 Å². The van der Waals surface area contributed by atoms with Crippen molar-refractivity contribution in [2.24, 2.45) is 5.73 Å². The number of carbonyl (C=O) groups excluding carboxylic acids is 2. The zero-order valence-corrected chi connectivity index (χ0v) is 20.8. The fourth-order valence-corrected chi connectivity index (χ4v) is 6.11. The smallest absolute Gasteiger partial charge is 0.270 e. The number of nitrogens with two attached hydrogens (primary N) is 1.